The average Bonchev–Trinajstić information content (AvgIpc) is 2.34. The van der Waals surface area contributed by atoms with Crippen LogP contribution in [0.15, 0.2) is 43.1 Å². The van der Waals surface area contributed by atoms with Gasteiger partial charge < -0.3 is 5.01 Å². The molecule has 0 N–H and O–H groups in total. The van der Waals surface area contributed by atoms with Crippen LogP contribution in [0.25, 0.3) is 0 Å². The largest absolute Gasteiger partial charge is 0.313 e. The van der Waals surface area contributed by atoms with Gasteiger partial charge in [0.1, 0.15) is 0 Å². The van der Waals surface area contributed by atoms with Crippen LogP contribution in [0, 0.1) is 0 Å². The maximum atomic E-state index is 3.93. The fourth-order valence-electron chi connectivity index (χ4n) is 2.36. The number of hydrogen-bond acceptors (Lipinski definition) is 2. The summed E-state index contributed by atoms with van der Waals surface area (Å²) in [7, 11) is 0. The first-order valence-corrected chi connectivity index (χ1v) is 6.58. The van der Waals surface area contributed by atoms with Crippen LogP contribution < -0.4 is 0 Å². The molecule has 1 heterocycles. The van der Waals surface area contributed by atoms with Crippen LogP contribution in [0.4, 0.5) is 0 Å². The summed E-state index contributed by atoms with van der Waals surface area (Å²) in [6.45, 7) is 7.17. The fraction of sp³-hybridized carbons (Fsp3) is 0.467. The van der Waals surface area contributed by atoms with Crippen molar-refractivity contribution in [1.82, 2.24) is 10.0 Å². The van der Waals surface area contributed by atoms with Gasteiger partial charge in [0, 0.05) is 25.8 Å². The van der Waals surface area contributed by atoms with Crippen LogP contribution in [0.3, 0.4) is 0 Å². The zero-order chi connectivity index (χ0) is 11.9. The lowest BCUT2D eigenvalue weighted by Crippen LogP contribution is -2.40. The third-order valence-electron chi connectivity index (χ3n) is 3.34. The Morgan fingerprint density at radius 3 is 2.41 bits per heavy atom. The quantitative estimate of drug-likeness (QED) is 0.785. The van der Waals surface area contributed by atoms with Crippen LogP contribution in [-0.4, -0.2) is 23.1 Å². The van der Waals surface area contributed by atoms with Crippen molar-refractivity contribution in [1.29, 1.82) is 0 Å². The third-order valence-corrected chi connectivity index (χ3v) is 3.34. The van der Waals surface area contributed by atoms with Crippen molar-refractivity contribution in [2.24, 2.45) is 0 Å². The number of hydrogen-bond donors (Lipinski definition) is 0. The normalized spacial score (nSPS) is 18.5. The highest BCUT2D eigenvalue weighted by molar-refractivity contribution is 5.14. The lowest BCUT2D eigenvalue weighted by molar-refractivity contribution is 0.00348. The maximum absolute atomic E-state index is 3.93. The molecule has 0 unspecified atom stereocenters. The van der Waals surface area contributed by atoms with Gasteiger partial charge in [0.05, 0.1) is 0 Å². The third kappa shape index (κ3) is 3.60. The lowest BCUT2D eigenvalue weighted by Gasteiger charge is -2.35. The van der Waals surface area contributed by atoms with E-state index in [0.29, 0.717) is 0 Å². The van der Waals surface area contributed by atoms with Gasteiger partial charge in [0.15, 0.2) is 0 Å². The Balaban J connectivity index is 2.01. The van der Waals surface area contributed by atoms with Crippen molar-refractivity contribution in [3.63, 3.8) is 0 Å². The summed E-state index contributed by atoms with van der Waals surface area (Å²) in [5.41, 5.74) is 1.37. The van der Waals surface area contributed by atoms with Crippen molar-refractivity contribution >= 4 is 0 Å². The lowest BCUT2D eigenvalue weighted by atomic mass is 10.1. The molecule has 17 heavy (non-hydrogen) atoms. The predicted octanol–water partition coefficient (Wildman–Crippen LogP) is 3.42. The summed E-state index contributed by atoms with van der Waals surface area (Å²) in [6, 6.07) is 10.7. The van der Waals surface area contributed by atoms with E-state index in [4.69, 9.17) is 0 Å². The molecule has 1 aromatic rings. The molecule has 0 bridgehead atoms. The van der Waals surface area contributed by atoms with Crippen molar-refractivity contribution in [2.45, 2.75) is 32.2 Å². The van der Waals surface area contributed by atoms with Crippen molar-refractivity contribution in [3.05, 3.63) is 48.7 Å². The standard InChI is InChI=1S/C15H22N2/c1-2-16-12-8-3-4-9-13-17(16)14-15-10-6-5-7-11-15/h2,5-7,10-11H,1,3-4,8-9,12-14H2. The van der Waals surface area contributed by atoms with Crippen molar-refractivity contribution in [2.75, 3.05) is 13.1 Å². The second-order valence-electron chi connectivity index (χ2n) is 4.63. The topological polar surface area (TPSA) is 6.48 Å². The molecule has 0 amide bonds. The molecule has 0 aromatic heterocycles. The van der Waals surface area contributed by atoms with Crippen LogP contribution in [0.1, 0.15) is 31.2 Å². The minimum atomic E-state index is 0.993. The molecule has 1 saturated heterocycles. The van der Waals surface area contributed by atoms with Gasteiger partial charge in [-0.1, -0.05) is 49.8 Å². The van der Waals surface area contributed by atoms with Gasteiger partial charge in [-0.05, 0) is 18.4 Å². The minimum absolute atomic E-state index is 0.993. The summed E-state index contributed by atoms with van der Waals surface area (Å²) in [5.74, 6) is 0. The second kappa shape index (κ2) is 6.45. The predicted molar refractivity (Wildman–Crippen MR) is 72.2 cm³/mol. The number of hydrazine groups is 1. The molecule has 1 aromatic carbocycles. The Kier molecular flexibility index (Phi) is 4.63. The summed E-state index contributed by atoms with van der Waals surface area (Å²) in [5, 5.41) is 4.70. The molecule has 0 aliphatic carbocycles. The Bertz CT molecular complexity index is 334. The van der Waals surface area contributed by atoms with E-state index in [-0.39, 0.29) is 0 Å². The molecule has 2 rings (SSSR count). The Morgan fingerprint density at radius 2 is 1.71 bits per heavy atom. The van der Waals surface area contributed by atoms with E-state index < -0.39 is 0 Å². The molecule has 0 atom stereocenters. The first-order chi connectivity index (χ1) is 8.40. The molecule has 2 heteroatoms. The second-order valence-corrected chi connectivity index (χ2v) is 4.63. The van der Waals surface area contributed by atoms with Gasteiger partial charge >= 0.3 is 0 Å². The van der Waals surface area contributed by atoms with E-state index >= 15 is 0 Å². The summed E-state index contributed by atoms with van der Waals surface area (Å²) in [6.07, 6.45) is 7.24. The number of rotatable bonds is 3. The fourth-order valence-corrected chi connectivity index (χ4v) is 2.36. The van der Waals surface area contributed by atoms with Crippen LogP contribution >= 0.6 is 0 Å². The average molecular weight is 230 g/mol. The molecule has 0 radical (unpaired) electrons. The molecular weight excluding hydrogens is 208 g/mol. The first kappa shape index (κ1) is 12.2. The molecule has 1 aliphatic heterocycles. The van der Waals surface area contributed by atoms with Gasteiger partial charge in [0.25, 0.3) is 0 Å². The van der Waals surface area contributed by atoms with Crippen LogP contribution in [0.5, 0.6) is 0 Å². The van der Waals surface area contributed by atoms with E-state index in [0.717, 1.165) is 19.6 Å². The monoisotopic (exact) mass is 230 g/mol. The van der Waals surface area contributed by atoms with Gasteiger partial charge in [0.2, 0.25) is 0 Å². The Labute approximate surface area is 105 Å². The SMILES string of the molecule is C=CN1CCCCCCN1Cc1ccccc1. The molecule has 1 fully saturated rings. The van der Waals surface area contributed by atoms with E-state index in [1.807, 2.05) is 6.20 Å². The van der Waals surface area contributed by atoms with E-state index in [9.17, 15) is 0 Å². The molecule has 2 nitrogen and oxygen atoms in total. The first-order valence-electron chi connectivity index (χ1n) is 6.58. The molecule has 1 aliphatic rings. The summed E-state index contributed by atoms with van der Waals surface area (Å²) in [4.78, 5) is 0. The molecule has 0 spiro atoms. The smallest absolute Gasteiger partial charge is 0.0431 e. The minimum Gasteiger partial charge on any atom is -0.313 e. The van der Waals surface area contributed by atoms with Crippen molar-refractivity contribution in [3.8, 4) is 0 Å². The van der Waals surface area contributed by atoms with Gasteiger partial charge in [-0.2, -0.15) is 0 Å². The maximum Gasteiger partial charge on any atom is 0.0431 e. The van der Waals surface area contributed by atoms with E-state index in [1.54, 1.807) is 0 Å². The summed E-state index contributed by atoms with van der Waals surface area (Å²) >= 11 is 0. The van der Waals surface area contributed by atoms with Gasteiger partial charge in [-0.15, -0.1) is 0 Å². The van der Waals surface area contributed by atoms with Gasteiger partial charge in [-0.3, -0.25) is 0 Å². The zero-order valence-electron chi connectivity index (χ0n) is 10.5. The van der Waals surface area contributed by atoms with E-state index in [1.165, 1.54) is 31.2 Å². The van der Waals surface area contributed by atoms with Crippen LogP contribution in [-0.2, 0) is 6.54 Å². The highest BCUT2D eigenvalue weighted by atomic mass is 15.6. The Hall–Kier alpha value is -1.28. The highest BCUT2D eigenvalue weighted by Crippen LogP contribution is 2.14. The Morgan fingerprint density at radius 1 is 1.00 bits per heavy atom. The number of benzene rings is 1. The van der Waals surface area contributed by atoms with Crippen molar-refractivity contribution < 1.29 is 0 Å². The molecule has 0 saturated carbocycles. The number of nitrogens with zero attached hydrogens (tertiary/aromatic N) is 2. The zero-order valence-corrected chi connectivity index (χ0v) is 10.5. The van der Waals surface area contributed by atoms with Crippen LogP contribution in [0.2, 0.25) is 0 Å². The highest BCUT2D eigenvalue weighted by Gasteiger charge is 2.13. The van der Waals surface area contributed by atoms with Gasteiger partial charge in [-0.25, -0.2) is 5.01 Å². The molecular formula is C15H22N2. The molecule has 92 valence electrons. The van der Waals surface area contributed by atoms with E-state index in [2.05, 4.69) is 46.9 Å². The summed E-state index contributed by atoms with van der Waals surface area (Å²) < 4.78 is 0.